The molecule has 0 bridgehead atoms. The molecule has 3 N–H and O–H groups in total. The molecule has 1 atom stereocenters. The predicted molar refractivity (Wildman–Crippen MR) is 78.7 cm³/mol. The molecule has 20 heavy (non-hydrogen) atoms. The number of piperazine rings is 1. The summed E-state index contributed by atoms with van der Waals surface area (Å²) in [5.41, 5.74) is 6.27. The van der Waals surface area contributed by atoms with Crippen molar-refractivity contribution in [3.05, 3.63) is 29.8 Å². The fourth-order valence-electron chi connectivity index (χ4n) is 2.44. The Morgan fingerprint density at radius 2 is 1.85 bits per heavy atom. The normalized spacial score (nSPS) is 18.0. The highest BCUT2D eigenvalue weighted by Gasteiger charge is 2.22. The van der Waals surface area contributed by atoms with E-state index in [1.807, 2.05) is 4.90 Å². The molecule has 1 unspecified atom stereocenters. The summed E-state index contributed by atoms with van der Waals surface area (Å²) in [7, 11) is 0. The molecule has 1 heterocycles. The predicted octanol–water partition coefficient (Wildman–Crippen LogP) is 0.745. The smallest absolute Gasteiger partial charge is 0.253 e. The van der Waals surface area contributed by atoms with Crippen LogP contribution < -0.4 is 5.73 Å². The molecule has 1 aliphatic heterocycles. The monoisotopic (exact) mass is 277 g/mol. The van der Waals surface area contributed by atoms with Crippen LogP contribution >= 0.6 is 0 Å². The highest BCUT2D eigenvalue weighted by atomic mass is 16.3. The minimum Gasteiger partial charge on any atom is -0.508 e. The summed E-state index contributed by atoms with van der Waals surface area (Å²) in [5.74, 6) is 0.716. The highest BCUT2D eigenvalue weighted by molar-refractivity contribution is 5.94. The van der Waals surface area contributed by atoms with Crippen LogP contribution in [0.25, 0.3) is 0 Å². The van der Waals surface area contributed by atoms with Crippen LogP contribution in [0.4, 0.5) is 0 Å². The van der Waals surface area contributed by atoms with E-state index in [4.69, 9.17) is 5.73 Å². The number of amides is 1. The number of rotatable bonds is 4. The van der Waals surface area contributed by atoms with E-state index in [1.54, 1.807) is 24.3 Å². The van der Waals surface area contributed by atoms with Crippen molar-refractivity contribution in [1.82, 2.24) is 9.80 Å². The van der Waals surface area contributed by atoms with Gasteiger partial charge in [0.25, 0.3) is 5.91 Å². The second kappa shape index (κ2) is 6.72. The number of carbonyl (C=O) groups is 1. The van der Waals surface area contributed by atoms with E-state index in [1.165, 1.54) is 0 Å². The number of phenolic OH excluding ortho intramolecular Hbond substituents is 1. The van der Waals surface area contributed by atoms with Gasteiger partial charge in [0, 0.05) is 38.3 Å². The van der Waals surface area contributed by atoms with Gasteiger partial charge in [-0.15, -0.1) is 0 Å². The fourth-order valence-corrected chi connectivity index (χ4v) is 2.44. The molecule has 2 rings (SSSR count). The van der Waals surface area contributed by atoms with Crippen LogP contribution in [0.15, 0.2) is 24.3 Å². The third-order valence-electron chi connectivity index (χ3n) is 3.75. The molecule has 5 nitrogen and oxygen atoms in total. The van der Waals surface area contributed by atoms with E-state index in [-0.39, 0.29) is 11.7 Å². The SMILES string of the molecule is CC(CN)CN1CCN(C(=O)c2ccc(O)cc2)CC1. The largest absolute Gasteiger partial charge is 0.508 e. The van der Waals surface area contributed by atoms with Gasteiger partial charge in [0.05, 0.1) is 0 Å². The van der Waals surface area contributed by atoms with Crippen molar-refractivity contribution in [3.63, 3.8) is 0 Å². The minimum atomic E-state index is 0.0384. The molecule has 0 spiro atoms. The zero-order chi connectivity index (χ0) is 14.5. The molecule has 1 aromatic carbocycles. The van der Waals surface area contributed by atoms with Gasteiger partial charge in [-0.2, -0.15) is 0 Å². The number of hydrogen-bond donors (Lipinski definition) is 2. The Bertz CT molecular complexity index is 439. The summed E-state index contributed by atoms with van der Waals surface area (Å²) in [6.07, 6.45) is 0. The van der Waals surface area contributed by atoms with Crippen LogP contribution in [-0.4, -0.2) is 60.1 Å². The minimum absolute atomic E-state index is 0.0384. The summed E-state index contributed by atoms with van der Waals surface area (Å²) in [6, 6.07) is 6.43. The van der Waals surface area contributed by atoms with E-state index in [9.17, 15) is 9.90 Å². The van der Waals surface area contributed by atoms with E-state index in [0.717, 1.165) is 32.7 Å². The summed E-state index contributed by atoms with van der Waals surface area (Å²) in [4.78, 5) is 16.5. The Balaban J connectivity index is 1.87. The van der Waals surface area contributed by atoms with Gasteiger partial charge in [-0.1, -0.05) is 6.92 Å². The van der Waals surface area contributed by atoms with Crippen molar-refractivity contribution in [2.45, 2.75) is 6.92 Å². The van der Waals surface area contributed by atoms with Gasteiger partial charge in [-0.3, -0.25) is 9.69 Å². The molecule has 1 aromatic rings. The number of nitrogens with two attached hydrogens (primary N) is 1. The summed E-state index contributed by atoms with van der Waals surface area (Å²) in [6.45, 7) is 7.13. The number of carbonyl (C=O) groups excluding carboxylic acids is 1. The van der Waals surface area contributed by atoms with Crippen LogP contribution in [0.1, 0.15) is 17.3 Å². The van der Waals surface area contributed by atoms with Gasteiger partial charge in [0.15, 0.2) is 0 Å². The molecular formula is C15H23N3O2. The third kappa shape index (κ3) is 3.71. The molecule has 5 heteroatoms. The van der Waals surface area contributed by atoms with Crippen molar-refractivity contribution in [3.8, 4) is 5.75 Å². The molecule has 110 valence electrons. The zero-order valence-electron chi connectivity index (χ0n) is 12.0. The molecule has 1 amide bonds. The Morgan fingerprint density at radius 1 is 1.25 bits per heavy atom. The second-order valence-corrected chi connectivity index (χ2v) is 5.48. The Hall–Kier alpha value is -1.59. The molecule has 1 aliphatic rings. The maximum Gasteiger partial charge on any atom is 0.253 e. The van der Waals surface area contributed by atoms with Crippen LogP contribution in [-0.2, 0) is 0 Å². The fraction of sp³-hybridized carbons (Fsp3) is 0.533. The van der Waals surface area contributed by atoms with E-state index >= 15 is 0 Å². The molecule has 0 radical (unpaired) electrons. The Labute approximate surface area is 120 Å². The van der Waals surface area contributed by atoms with Crippen molar-refractivity contribution in [2.24, 2.45) is 11.7 Å². The average Bonchev–Trinajstić information content (AvgIpc) is 2.48. The van der Waals surface area contributed by atoms with Crippen LogP contribution in [0.2, 0.25) is 0 Å². The number of nitrogens with zero attached hydrogens (tertiary/aromatic N) is 2. The summed E-state index contributed by atoms with van der Waals surface area (Å²) in [5, 5.41) is 9.25. The second-order valence-electron chi connectivity index (χ2n) is 5.48. The van der Waals surface area contributed by atoms with Gasteiger partial charge in [-0.05, 0) is 36.7 Å². The van der Waals surface area contributed by atoms with Crippen molar-refractivity contribution in [2.75, 3.05) is 39.3 Å². The van der Waals surface area contributed by atoms with Crippen LogP contribution in [0, 0.1) is 5.92 Å². The topological polar surface area (TPSA) is 69.8 Å². The molecule has 0 aromatic heterocycles. The molecule has 0 aliphatic carbocycles. The lowest BCUT2D eigenvalue weighted by Gasteiger charge is -2.35. The molecule has 1 fully saturated rings. The van der Waals surface area contributed by atoms with E-state index < -0.39 is 0 Å². The van der Waals surface area contributed by atoms with Gasteiger partial charge in [-0.25, -0.2) is 0 Å². The van der Waals surface area contributed by atoms with E-state index in [0.29, 0.717) is 18.0 Å². The molecular weight excluding hydrogens is 254 g/mol. The number of hydrogen-bond acceptors (Lipinski definition) is 4. The van der Waals surface area contributed by atoms with Gasteiger partial charge >= 0.3 is 0 Å². The van der Waals surface area contributed by atoms with Crippen LogP contribution in [0.3, 0.4) is 0 Å². The van der Waals surface area contributed by atoms with Gasteiger partial charge in [0.1, 0.15) is 5.75 Å². The first kappa shape index (κ1) is 14.8. The first-order valence-corrected chi connectivity index (χ1v) is 7.11. The highest BCUT2D eigenvalue weighted by Crippen LogP contribution is 2.13. The van der Waals surface area contributed by atoms with Crippen molar-refractivity contribution < 1.29 is 9.90 Å². The first-order chi connectivity index (χ1) is 9.60. The van der Waals surface area contributed by atoms with Crippen molar-refractivity contribution >= 4 is 5.91 Å². The maximum atomic E-state index is 12.3. The van der Waals surface area contributed by atoms with Crippen LogP contribution in [0.5, 0.6) is 5.75 Å². The van der Waals surface area contributed by atoms with Gasteiger partial charge < -0.3 is 15.7 Å². The van der Waals surface area contributed by atoms with E-state index in [2.05, 4.69) is 11.8 Å². The summed E-state index contributed by atoms with van der Waals surface area (Å²) < 4.78 is 0. The third-order valence-corrected chi connectivity index (χ3v) is 3.75. The quantitative estimate of drug-likeness (QED) is 0.852. The molecule has 1 saturated heterocycles. The standard InChI is InChI=1S/C15H23N3O2/c1-12(10-16)11-17-6-8-18(9-7-17)15(20)13-2-4-14(19)5-3-13/h2-5,12,19H,6-11,16H2,1H3. The van der Waals surface area contributed by atoms with Gasteiger partial charge in [0.2, 0.25) is 0 Å². The number of benzene rings is 1. The Kier molecular flexibility index (Phi) is 4.98. The zero-order valence-corrected chi connectivity index (χ0v) is 12.0. The molecule has 0 saturated carbocycles. The number of aromatic hydroxyl groups is 1. The lowest BCUT2D eigenvalue weighted by Crippen LogP contribution is -2.50. The lowest BCUT2D eigenvalue weighted by atomic mass is 10.1. The first-order valence-electron chi connectivity index (χ1n) is 7.11. The van der Waals surface area contributed by atoms with Crippen molar-refractivity contribution in [1.29, 1.82) is 0 Å². The lowest BCUT2D eigenvalue weighted by molar-refractivity contribution is 0.0622. The average molecular weight is 277 g/mol. The number of phenols is 1. The summed E-state index contributed by atoms with van der Waals surface area (Å²) >= 11 is 0. The Morgan fingerprint density at radius 3 is 2.40 bits per heavy atom. The maximum absolute atomic E-state index is 12.3.